The van der Waals surface area contributed by atoms with Gasteiger partial charge in [0.25, 0.3) is 0 Å². The second-order valence-corrected chi connectivity index (χ2v) is 4.95. The van der Waals surface area contributed by atoms with Crippen molar-refractivity contribution in [1.82, 2.24) is 0 Å². The molecule has 0 unspecified atom stereocenters. The second kappa shape index (κ2) is 4.87. The minimum atomic E-state index is 1.01. The molecule has 1 rings (SSSR count). The van der Waals surface area contributed by atoms with Gasteiger partial charge >= 0.3 is 0 Å². The number of hydrogen-bond acceptors (Lipinski definition) is 1. The van der Waals surface area contributed by atoms with Crippen molar-refractivity contribution in [3.05, 3.63) is 40.0 Å². The Morgan fingerprint density at radius 2 is 1.12 bits per heavy atom. The molecule has 0 bridgehead atoms. The molecule has 0 aliphatic rings. The third-order valence-corrected chi connectivity index (χ3v) is 3.86. The molecule has 0 N–H and O–H groups in total. The van der Waals surface area contributed by atoms with E-state index in [0.717, 1.165) is 17.0 Å². The maximum Gasteiger partial charge on any atom is 0.0696 e. The summed E-state index contributed by atoms with van der Waals surface area (Å²) < 4.78 is 0. The van der Waals surface area contributed by atoms with Crippen LogP contribution in [-0.2, 0) is 0 Å². The molecule has 0 fully saturated rings. The molecule has 1 heteroatoms. The van der Waals surface area contributed by atoms with Gasteiger partial charge in [-0.05, 0) is 81.9 Å². The van der Waals surface area contributed by atoms with Crippen molar-refractivity contribution < 1.29 is 0 Å². The Balaban J connectivity index is 3.56. The summed E-state index contributed by atoms with van der Waals surface area (Å²) in [5.41, 5.74) is 9.80. The summed E-state index contributed by atoms with van der Waals surface area (Å²) in [6, 6.07) is 0. The molecule has 0 aliphatic carbocycles. The number of hydrogen-bond donors (Lipinski definition) is 0. The van der Waals surface area contributed by atoms with Crippen LogP contribution >= 0.6 is 0 Å². The highest BCUT2D eigenvalue weighted by Crippen LogP contribution is 2.32. The number of aliphatic imine (C=N–C) groups is 1. The van der Waals surface area contributed by atoms with Gasteiger partial charge < -0.3 is 0 Å². The van der Waals surface area contributed by atoms with Crippen LogP contribution in [0, 0.1) is 34.6 Å². The maximum atomic E-state index is 4.74. The van der Waals surface area contributed by atoms with E-state index < -0.39 is 0 Å². The zero-order valence-corrected chi connectivity index (χ0v) is 12.2. The van der Waals surface area contributed by atoms with Crippen LogP contribution in [0.2, 0.25) is 0 Å². The quantitative estimate of drug-likeness (QED) is 0.640. The molecule has 0 aliphatic heterocycles. The van der Waals surface area contributed by atoms with E-state index in [2.05, 4.69) is 41.2 Å². The summed E-state index contributed by atoms with van der Waals surface area (Å²) in [6.45, 7) is 18.8. The topological polar surface area (TPSA) is 12.4 Å². The Bertz CT molecular complexity index is 476. The van der Waals surface area contributed by atoms with E-state index in [1.807, 2.05) is 13.8 Å². The van der Waals surface area contributed by atoms with Gasteiger partial charge in [0.1, 0.15) is 0 Å². The third kappa shape index (κ3) is 2.49. The van der Waals surface area contributed by atoms with Gasteiger partial charge in [0.05, 0.1) is 5.69 Å². The van der Waals surface area contributed by atoms with E-state index >= 15 is 0 Å². The predicted molar refractivity (Wildman–Crippen MR) is 77.7 cm³/mol. The molecular weight excluding hydrogens is 206 g/mol. The predicted octanol–water partition coefficient (Wildman–Crippen LogP) is 4.90. The molecule has 1 nitrogen and oxygen atoms in total. The fourth-order valence-electron chi connectivity index (χ4n) is 1.91. The molecule has 0 radical (unpaired) electrons. The number of nitrogens with zero attached hydrogens (tertiary/aromatic N) is 1. The molecule has 1 aromatic rings. The lowest BCUT2D eigenvalue weighted by Gasteiger charge is -2.16. The maximum absolute atomic E-state index is 4.74. The fourth-order valence-corrected chi connectivity index (χ4v) is 1.91. The normalized spacial score (nSPS) is 11.8. The average Bonchev–Trinajstić information content (AvgIpc) is 2.29. The monoisotopic (exact) mass is 229 g/mol. The first-order valence-corrected chi connectivity index (χ1v) is 6.05. The van der Waals surface area contributed by atoms with Gasteiger partial charge in [0, 0.05) is 5.71 Å². The van der Waals surface area contributed by atoms with E-state index in [1.54, 1.807) is 0 Å². The molecule has 92 valence electrons. The molecule has 0 amide bonds. The molecule has 0 saturated heterocycles. The van der Waals surface area contributed by atoms with E-state index in [4.69, 9.17) is 4.99 Å². The molecule has 0 heterocycles. The highest BCUT2D eigenvalue weighted by Gasteiger charge is 2.11. The smallest absolute Gasteiger partial charge is 0.0696 e. The molecule has 0 atom stereocenters. The van der Waals surface area contributed by atoms with Gasteiger partial charge in [-0.1, -0.05) is 6.58 Å². The number of allylic oxidation sites excluding steroid dienone is 1. The van der Waals surface area contributed by atoms with Gasteiger partial charge in [-0.3, -0.25) is 4.99 Å². The molecule has 17 heavy (non-hydrogen) atoms. The highest BCUT2D eigenvalue weighted by molar-refractivity contribution is 5.99. The minimum Gasteiger partial charge on any atom is -0.253 e. The van der Waals surface area contributed by atoms with Crippen molar-refractivity contribution in [3.8, 4) is 0 Å². The largest absolute Gasteiger partial charge is 0.253 e. The minimum absolute atomic E-state index is 1.01. The lowest BCUT2D eigenvalue weighted by Crippen LogP contribution is -1.98. The van der Waals surface area contributed by atoms with Crippen molar-refractivity contribution >= 4 is 11.4 Å². The zero-order valence-electron chi connectivity index (χ0n) is 12.2. The van der Waals surface area contributed by atoms with Crippen molar-refractivity contribution in [3.63, 3.8) is 0 Å². The second-order valence-electron chi connectivity index (χ2n) is 4.95. The van der Waals surface area contributed by atoms with Crippen molar-refractivity contribution in [2.45, 2.75) is 48.5 Å². The Labute approximate surface area is 105 Å². The first-order valence-electron chi connectivity index (χ1n) is 6.05. The molecule has 0 spiro atoms. The summed E-state index contributed by atoms with van der Waals surface area (Å²) in [5.74, 6) is 0. The molecular formula is C16H23N. The van der Waals surface area contributed by atoms with Gasteiger partial charge in [-0.15, -0.1) is 0 Å². The molecule has 0 aromatic heterocycles. The summed E-state index contributed by atoms with van der Waals surface area (Å²) >= 11 is 0. The Hall–Kier alpha value is -1.37. The average molecular weight is 229 g/mol. The van der Waals surface area contributed by atoms with Crippen LogP contribution < -0.4 is 0 Å². The van der Waals surface area contributed by atoms with Crippen LogP contribution in [0.25, 0.3) is 0 Å². The lowest BCUT2D eigenvalue weighted by atomic mass is 9.93. The summed E-state index contributed by atoms with van der Waals surface area (Å²) in [5, 5.41) is 0. The van der Waals surface area contributed by atoms with Crippen LogP contribution in [0.3, 0.4) is 0 Å². The van der Waals surface area contributed by atoms with E-state index in [9.17, 15) is 0 Å². The molecule has 1 aromatic carbocycles. The first kappa shape index (κ1) is 13.7. The van der Waals surface area contributed by atoms with E-state index in [-0.39, 0.29) is 0 Å². The van der Waals surface area contributed by atoms with Gasteiger partial charge in [-0.25, -0.2) is 0 Å². The standard InChI is InChI=1S/C16H23N/c1-9(2)15(8)17-16-13(6)11(4)10(3)12(5)14(16)7/h1H2,2-8H3. The number of benzene rings is 1. The molecule has 0 saturated carbocycles. The van der Waals surface area contributed by atoms with E-state index in [0.29, 0.717) is 0 Å². The van der Waals surface area contributed by atoms with Crippen LogP contribution in [0.15, 0.2) is 17.1 Å². The van der Waals surface area contributed by atoms with Crippen molar-refractivity contribution in [1.29, 1.82) is 0 Å². The summed E-state index contributed by atoms with van der Waals surface area (Å²) in [7, 11) is 0. The number of rotatable bonds is 2. The van der Waals surface area contributed by atoms with Crippen LogP contribution in [0.4, 0.5) is 5.69 Å². The van der Waals surface area contributed by atoms with Crippen molar-refractivity contribution in [2.75, 3.05) is 0 Å². The van der Waals surface area contributed by atoms with Crippen molar-refractivity contribution in [2.24, 2.45) is 4.99 Å². The van der Waals surface area contributed by atoms with Crippen LogP contribution in [0.1, 0.15) is 41.7 Å². The van der Waals surface area contributed by atoms with Gasteiger partial charge in [-0.2, -0.15) is 0 Å². The SMILES string of the molecule is C=C(C)C(C)=Nc1c(C)c(C)c(C)c(C)c1C. The summed E-state index contributed by atoms with van der Waals surface area (Å²) in [6.07, 6.45) is 0. The van der Waals surface area contributed by atoms with Crippen LogP contribution in [-0.4, -0.2) is 5.71 Å². The third-order valence-electron chi connectivity index (χ3n) is 3.86. The zero-order chi connectivity index (χ0) is 13.3. The first-order chi connectivity index (χ1) is 7.77. The lowest BCUT2D eigenvalue weighted by molar-refractivity contribution is 1.16. The van der Waals surface area contributed by atoms with Gasteiger partial charge in [0.2, 0.25) is 0 Å². The fraction of sp³-hybridized carbons (Fsp3) is 0.438. The Morgan fingerprint density at radius 1 is 0.765 bits per heavy atom. The Morgan fingerprint density at radius 3 is 1.47 bits per heavy atom. The summed E-state index contributed by atoms with van der Waals surface area (Å²) in [4.78, 5) is 4.74. The van der Waals surface area contributed by atoms with E-state index in [1.165, 1.54) is 27.8 Å². The van der Waals surface area contributed by atoms with Crippen LogP contribution in [0.5, 0.6) is 0 Å². The Kier molecular flexibility index (Phi) is 3.92. The highest BCUT2D eigenvalue weighted by atomic mass is 14.8. The van der Waals surface area contributed by atoms with Gasteiger partial charge in [0.15, 0.2) is 0 Å².